The van der Waals surface area contributed by atoms with Gasteiger partial charge in [0.2, 0.25) is 0 Å². The van der Waals surface area contributed by atoms with Crippen molar-refractivity contribution in [1.29, 1.82) is 5.26 Å². The molecule has 2 nitrogen and oxygen atoms in total. The number of rotatable bonds is 3. The lowest BCUT2D eigenvalue weighted by Crippen LogP contribution is -2.37. The highest BCUT2D eigenvalue weighted by Gasteiger charge is 2.13. The second-order valence-electron chi connectivity index (χ2n) is 4.04. The van der Waals surface area contributed by atoms with Gasteiger partial charge in [0.05, 0.1) is 17.2 Å². The average Bonchev–Trinajstić information content (AvgIpc) is 2.27. The van der Waals surface area contributed by atoms with Gasteiger partial charge in [-0.05, 0) is 26.0 Å². The molecule has 3 heteroatoms. The molecule has 0 bridgehead atoms. The molecule has 0 unspecified atom stereocenters. The molecule has 1 aromatic carbocycles. The highest BCUT2D eigenvalue weighted by atomic mass is 19.1. The zero-order valence-corrected chi connectivity index (χ0v) is 9.34. The SMILES string of the molecule is C#CC(C)(C)NCc1ccc(C#N)cc1F. The Balaban J connectivity index is 2.77. The van der Waals surface area contributed by atoms with E-state index in [4.69, 9.17) is 11.7 Å². The highest BCUT2D eigenvalue weighted by molar-refractivity contribution is 5.33. The fourth-order valence-corrected chi connectivity index (χ4v) is 1.13. The molecule has 0 aliphatic heterocycles. The minimum absolute atomic E-state index is 0.317. The first-order valence-corrected chi connectivity index (χ1v) is 4.90. The predicted molar refractivity (Wildman–Crippen MR) is 60.9 cm³/mol. The Morgan fingerprint density at radius 2 is 2.19 bits per heavy atom. The number of hydrogen-bond acceptors (Lipinski definition) is 2. The van der Waals surface area contributed by atoms with E-state index in [1.165, 1.54) is 6.07 Å². The Kier molecular flexibility index (Phi) is 3.66. The number of nitriles is 1. The van der Waals surface area contributed by atoms with Gasteiger partial charge in [-0.1, -0.05) is 12.0 Å². The summed E-state index contributed by atoms with van der Waals surface area (Å²) in [6.07, 6.45) is 5.30. The largest absolute Gasteiger partial charge is 0.297 e. The van der Waals surface area contributed by atoms with Gasteiger partial charge in [0.15, 0.2) is 0 Å². The molecule has 16 heavy (non-hydrogen) atoms. The summed E-state index contributed by atoms with van der Waals surface area (Å²) in [6, 6.07) is 6.28. The van der Waals surface area contributed by atoms with Gasteiger partial charge in [0, 0.05) is 12.1 Å². The number of terminal acetylenes is 1. The first-order valence-electron chi connectivity index (χ1n) is 4.90. The summed E-state index contributed by atoms with van der Waals surface area (Å²) in [5.41, 5.74) is 0.347. The fraction of sp³-hybridized carbons (Fsp3) is 0.308. The van der Waals surface area contributed by atoms with Crippen molar-refractivity contribution in [3.8, 4) is 18.4 Å². The first-order chi connectivity index (χ1) is 7.48. The van der Waals surface area contributed by atoms with Crippen LogP contribution in [0, 0.1) is 29.5 Å². The van der Waals surface area contributed by atoms with Crippen LogP contribution in [-0.4, -0.2) is 5.54 Å². The van der Waals surface area contributed by atoms with Gasteiger partial charge in [-0.2, -0.15) is 5.26 Å². The van der Waals surface area contributed by atoms with Gasteiger partial charge in [-0.25, -0.2) is 4.39 Å². The second-order valence-corrected chi connectivity index (χ2v) is 4.04. The third-order valence-electron chi connectivity index (χ3n) is 2.26. The van der Waals surface area contributed by atoms with Crippen molar-refractivity contribution in [3.63, 3.8) is 0 Å². The van der Waals surface area contributed by atoms with Crippen LogP contribution < -0.4 is 5.32 Å². The molecule has 82 valence electrons. The summed E-state index contributed by atoms with van der Waals surface area (Å²) in [5, 5.41) is 11.6. The number of benzene rings is 1. The molecule has 0 saturated heterocycles. The van der Waals surface area contributed by atoms with Crippen molar-refractivity contribution < 1.29 is 4.39 Å². The molecule has 0 radical (unpaired) electrons. The minimum Gasteiger partial charge on any atom is -0.297 e. The number of halogens is 1. The molecule has 0 aliphatic carbocycles. The summed E-state index contributed by atoms with van der Waals surface area (Å²) in [5.74, 6) is 2.18. The van der Waals surface area contributed by atoms with E-state index in [0.717, 1.165) is 0 Å². The van der Waals surface area contributed by atoms with E-state index in [2.05, 4.69) is 11.2 Å². The van der Waals surface area contributed by atoms with Crippen LogP contribution in [0.5, 0.6) is 0 Å². The molecule has 1 N–H and O–H groups in total. The third-order valence-corrected chi connectivity index (χ3v) is 2.26. The van der Waals surface area contributed by atoms with Crippen molar-refractivity contribution in [3.05, 3.63) is 35.1 Å². The van der Waals surface area contributed by atoms with Crippen LogP contribution in [0.15, 0.2) is 18.2 Å². The Hall–Kier alpha value is -1.84. The normalized spacial score (nSPS) is 10.6. The lowest BCUT2D eigenvalue weighted by Gasteiger charge is -2.19. The van der Waals surface area contributed by atoms with Crippen molar-refractivity contribution in [2.45, 2.75) is 25.9 Å². The molecular formula is C13H13FN2. The van der Waals surface area contributed by atoms with E-state index < -0.39 is 5.54 Å². The number of nitrogens with one attached hydrogen (secondary N) is 1. The molecule has 0 atom stereocenters. The third kappa shape index (κ3) is 3.08. The number of nitrogens with zero attached hydrogens (tertiary/aromatic N) is 1. The lowest BCUT2D eigenvalue weighted by molar-refractivity contribution is 0.479. The quantitative estimate of drug-likeness (QED) is 0.786. The van der Waals surface area contributed by atoms with Gasteiger partial charge in [0.1, 0.15) is 5.82 Å². The molecule has 1 aromatic rings. The number of hydrogen-bond donors (Lipinski definition) is 1. The van der Waals surface area contributed by atoms with Crippen LogP contribution in [-0.2, 0) is 6.54 Å². The van der Waals surface area contributed by atoms with E-state index in [0.29, 0.717) is 17.7 Å². The maximum Gasteiger partial charge on any atom is 0.129 e. The Morgan fingerprint density at radius 1 is 1.50 bits per heavy atom. The predicted octanol–water partition coefficient (Wildman–Crippen LogP) is 2.20. The molecule has 0 saturated carbocycles. The van der Waals surface area contributed by atoms with Crippen LogP contribution in [0.2, 0.25) is 0 Å². The Labute approximate surface area is 95.1 Å². The van der Waals surface area contributed by atoms with Crippen molar-refractivity contribution in [1.82, 2.24) is 5.32 Å². The van der Waals surface area contributed by atoms with Gasteiger partial charge < -0.3 is 0 Å². The Morgan fingerprint density at radius 3 is 2.69 bits per heavy atom. The topological polar surface area (TPSA) is 35.8 Å². The molecule has 0 aliphatic rings. The molecule has 0 fully saturated rings. The maximum absolute atomic E-state index is 13.5. The summed E-state index contributed by atoms with van der Waals surface area (Å²) >= 11 is 0. The molecule has 1 rings (SSSR count). The zero-order valence-electron chi connectivity index (χ0n) is 9.34. The summed E-state index contributed by atoms with van der Waals surface area (Å²) in [6.45, 7) is 4.03. The Bertz CT molecular complexity index is 464. The van der Waals surface area contributed by atoms with Crippen molar-refractivity contribution in [2.24, 2.45) is 0 Å². The highest BCUT2D eigenvalue weighted by Crippen LogP contribution is 2.11. The van der Waals surface area contributed by atoms with Crippen molar-refractivity contribution >= 4 is 0 Å². The van der Waals surface area contributed by atoms with E-state index >= 15 is 0 Å². The van der Waals surface area contributed by atoms with Crippen LogP contribution in [0.25, 0.3) is 0 Å². The second kappa shape index (κ2) is 4.79. The first kappa shape index (κ1) is 12.2. The molecule has 0 heterocycles. The maximum atomic E-state index is 13.5. The zero-order chi connectivity index (χ0) is 12.2. The van der Waals surface area contributed by atoms with E-state index in [-0.39, 0.29) is 5.82 Å². The lowest BCUT2D eigenvalue weighted by atomic mass is 10.1. The van der Waals surface area contributed by atoms with Gasteiger partial charge in [-0.3, -0.25) is 5.32 Å². The average molecular weight is 216 g/mol. The molecular weight excluding hydrogens is 203 g/mol. The molecule has 0 aromatic heterocycles. The summed E-state index contributed by atoms with van der Waals surface area (Å²) < 4.78 is 13.5. The van der Waals surface area contributed by atoms with Gasteiger partial charge in [-0.15, -0.1) is 6.42 Å². The van der Waals surface area contributed by atoms with E-state index in [1.54, 1.807) is 12.1 Å². The van der Waals surface area contributed by atoms with Crippen LogP contribution in [0.1, 0.15) is 25.0 Å². The van der Waals surface area contributed by atoms with Crippen LogP contribution in [0.4, 0.5) is 4.39 Å². The monoisotopic (exact) mass is 216 g/mol. The summed E-state index contributed by atoms with van der Waals surface area (Å²) in [4.78, 5) is 0. The van der Waals surface area contributed by atoms with Crippen LogP contribution >= 0.6 is 0 Å². The standard InChI is InChI=1S/C13H13FN2/c1-4-13(2,3)16-9-11-6-5-10(8-15)7-12(11)14/h1,5-7,16H,9H2,2-3H3. The smallest absolute Gasteiger partial charge is 0.129 e. The van der Waals surface area contributed by atoms with E-state index in [9.17, 15) is 4.39 Å². The summed E-state index contributed by atoms with van der Waals surface area (Å²) in [7, 11) is 0. The molecule has 0 amide bonds. The fourth-order valence-electron chi connectivity index (χ4n) is 1.13. The van der Waals surface area contributed by atoms with Crippen molar-refractivity contribution in [2.75, 3.05) is 0 Å². The minimum atomic E-state index is -0.472. The van der Waals surface area contributed by atoms with Gasteiger partial charge in [0.25, 0.3) is 0 Å². The van der Waals surface area contributed by atoms with Crippen LogP contribution in [0.3, 0.4) is 0 Å². The molecule has 0 spiro atoms. The van der Waals surface area contributed by atoms with E-state index in [1.807, 2.05) is 19.9 Å². The van der Waals surface area contributed by atoms with Gasteiger partial charge >= 0.3 is 0 Å².